The van der Waals surface area contributed by atoms with Crippen molar-refractivity contribution in [1.82, 2.24) is 10.2 Å². The average molecular weight is 370 g/mol. The van der Waals surface area contributed by atoms with E-state index in [4.69, 9.17) is 9.47 Å². The Hall–Kier alpha value is -2.15. The number of rotatable bonds is 5. The van der Waals surface area contributed by atoms with Gasteiger partial charge in [-0.25, -0.2) is 0 Å². The van der Waals surface area contributed by atoms with Gasteiger partial charge in [-0.2, -0.15) is 0 Å². The smallest absolute Gasteiger partial charge is 0.250 e. The fraction of sp³-hybridized carbons (Fsp3) is 0.350. The molecule has 136 valence electrons. The second kappa shape index (κ2) is 8.03. The van der Waals surface area contributed by atoms with Crippen LogP contribution in [0.3, 0.4) is 0 Å². The molecule has 26 heavy (non-hydrogen) atoms. The molecule has 0 bridgehead atoms. The molecule has 6 heteroatoms. The van der Waals surface area contributed by atoms with Gasteiger partial charge < -0.3 is 14.8 Å². The Kier molecular flexibility index (Phi) is 5.34. The van der Waals surface area contributed by atoms with Crippen molar-refractivity contribution in [3.8, 4) is 5.75 Å². The number of para-hydroxylation sites is 1. The number of benzene rings is 1. The van der Waals surface area contributed by atoms with Gasteiger partial charge in [0.2, 0.25) is 0 Å². The summed E-state index contributed by atoms with van der Waals surface area (Å²) in [5.41, 5.74) is 1.61. The maximum Gasteiger partial charge on any atom is 0.250 e. The summed E-state index contributed by atoms with van der Waals surface area (Å²) in [5.74, 6) is 0.767. The highest BCUT2D eigenvalue weighted by atomic mass is 32.1. The van der Waals surface area contributed by atoms with E-state index >= 15 is 0 Å². The van der Waals surface area contributed by atoms with Crippen LogP contribution in [0.1, 0.15) is 16.5 Å². The van der Waals surface area contributed by atoms with Crippen LogP contribution in [-0.2, 0) is 9.53 Å². The second-order valence-electron chi connectivity index (χ2n) is 6.39. The number of morpholine rings is 1. The predicted octanol–water partition coefficient (Wildman–Crippen LogP) is 2.71. The number of carbonyl (C=O) groups is 1. The van der Waals surface area contributed by atoms with Gasteiger partial charge in [0.05, 0.1) is 24.8 Å². The molecule has 0 aliphatic carbocycles. The lowest BCUT2D eigenvalue weighted by molar-refractivity contribution is -0.118. The van der Waals surface area contributed by atoms with Crippen molar-refractivity contribution in [2.24, 2.45) is 0 Å². The monoisotopic (exact) mass is 370 g/mol. The molecule has 4 rings (SSSR count). The molecule has 1 saturated heterocycles. The molecule has 1 aromatic heterocycles. The maximum atomic E-state index is 12.7. The summed E-state index contributed by atoms with van der Waals surface area (Å²) >= 11 is 1.73. The molecule has 2 aliphatic rings. The lowest BCUT2D eigenvalue weighted by Gasteiger charge is -2.34. The first kappa shape index (κ1) is 17.3. The number of amides is 1. The summed E-state index contributed by atoms with van der Waals surface area (Å²) in [6.07, 6.45) is 1.92. The van der Waals surface area contributed by atoms with Crippen molar-refractivity contribution >= 4 is 23.3 Å². The highest BCUT2D eigenvalue weighted by molar-refractivity contribution is 7.10. The van der Waals surface area contributed by atoms with Gasteiger partial charge in [0.1, 0.15) is 12.4 Å². The van der Waals surface area contributed by atoms with E-state index in [-0.39, 0.29) is 11.9 Å². The molecule has 0 unspecified atom stereocenters. The summed E-state index contributed by atoms with van der Waals surface area (Å²) in [7, 11) is 0. The number of hydrogen-bond acceptors (Lipinski definition) is 5. The largest absolute Gasteiger partial charge is 0.488 e. The first-order chi connectivity index (χ1) is 12.8. The second-order valence-corrected chi connectivity index (χ2v) is 7.36. The fourth-order valence-electron chi connectivity index (χ4n) is 3.33. The Morgan fingerprint density at radius 1 is 1.19 bits per heavy atom. The number of carbonyl (C=O) groups excluding carboxylic acids is 1. The fourth-order valence-corrected chi connectivity index (χ4v) is 4.19. The Morgan fingerprint density at radius 2 is 2.04 bits per heavy atom. The predicted molar refractivity (Wildman–Crippen MR) is 102 cm³/mol. The van der Waals surface area contributed by atoms with E-state index in [1.165, 1.54) is 4.88 Å². The van der Waals surface area contributed by atoms with Crippen molar-refractivity contribution < 1.29 is 14.3 Å². The van der Waals surface area contributed by atoms with Gasteiger partial charge in [-0.1, -0.05) is 24.3 Å². The van der Waals surface area contributed by atoms with Gasteiger partial charge >= 0.3 is 0 Å². The van der Waals surface area contributed by atoms with E-state index in [2.05, 4.69) is 27.7 Å². The third-order valence-electron chi connectivity index (χ3n) is 4.74. The number of fused-ring (bicyclic) bond motifs is 1. The van der Waals surface area contributed by atoms with Crippen molar-refractivity contribution in [3.63, 3.8) is 0 Å². The van der Waals surface area contributed by atoms with Crippen molar-refractivity contribution in [1.29, 1.82) is 0 Å². The van der Waals surface area contributed by atoms with Crippen LogP contribution in [0, 0.1) is 0 Å². The third kappa shape index (κ3) is 3.82. The zero-order chi connectivity index (χ0) is 17.8. The van der Waals surface area contributed by atoms with E-state index < -0.39 is 0 Å². The molecule has 1 fully saturated rings. The molecule has 1 amide bonds. The van der Waals surface area contributed by atoms with E-state index in [9.17, 15) is 4.79 Å². The maximum absolute atomic E-state index is 12.7. The van der Waals surface area contributed by atoms with Gasteiger partial charge in [0.25, 0.3) is 5.91 Å². The average Bonchev–Trinajstić information content (AvgIpc) is 3.23. The van der Waals surface area contributed by atoms with Crippen LogP contribution in [0.5, 0.6) is 5.75 Å². The van der Waals surface area contributed by atoms with Crippen molar-refractivity contribution in [2.75, 3.05) is 39.5 Å². The number of ether oxygens (including phenoxy) is 2. The molecule has 0 radical (unpaired) electrons. The van der Waals surface area contributed by atoms with Crippen LogP contribution < -0.4 is 10.1 Å². The van der Waals surface area contributed by atoms with Crippen LogP contribution in [0.25, 0.3) is 6.08 Å². The van der Waals surface area contributed by atoms with Crippen LogP contribution in [0.2, 0.25) is 0 Å². The van der Waals surface area contributed by atoms with Crippen LogP contribution >= 0.6 is 11.3 Å². The van der Waals surface area contributed by atoms with Crippen molar-refractivity contribution in [2.45, 2.75) is 6.04 Å². The minimum absolute atomic E-state index is 0.0608. The first-order valence-corrected chi connectivity index (χ1v) is 9.75. The molecule has 3 heterocycles. The number of nitrogens with zero attached hydrogens (tertiary/aromatic N) is 1. The molecule has 2 aromatic rings. The van der Waals surface area contributed by atoms with Crippen LogP contribution in [0.15, 0.2) is 47.4 Å². The Balaban J connectivity index is 1.44. The Labute approximate surface area is 157 Å². The number of hydrogen-bond donors (Lipinski definition) is 1. The summed E-state index contributed by atoms with van der Waals surface area (Å²) in [4.78, 5) is 16.3. The van der Waals surface area contributed by atoms with E-state index in [0.717, 1.165) is 37.6 Å². The SMILES string of the molecule is O=C(NC[C@H](c1cccs1)N1CCOCC1)C1=Cc2ccccc2OC1. The third-order valence-corrected chi connectivity index (χ3v) is 5.71. The highest BCUT2D eigenvalue weighted by Gasteiger charge is 2.25. The van der Waals surface area contributed by atoms with E-state index in [1.54, 1.807) is 11.3 Å². The lowest BCUT2D eigenvalue weighted by atomic mass is 10.1. The van der Waals surface area contributed by atoms with Gasteiger partial charge in [-0.05, 0) is 23.6 Å². The van der Waals surface area contributed by atoms with Crippen molar-refractivity contribution in [3.05, 3.63) is 57.8 Å². The van der Waals surface area contributed by atoms with Crippen LogP contribution in [0.4, 0.5) is 0 Å². The van der Waals surface area contributed by atoms with E-state index in [1.807, 2.05) is 30.3 Å². The zero-order valence-electron chi connectivity index (χ0n) is 14.5. The zero-order valence-corrected chi connectivity index (χ0v) is 15.3. The number of thiophene rings is 1. The van der Waals surface area contributed by atoms with Gasteiger partial charge in [0.15, 0.2) is 0 Å². The quantitative estimate of drug-likeness (QED) is 0.879. The standard InChI is InChI=1S/C20H22N2O3S/c23-20(16-12-15-4-1-2-5-18(15)25-14-16)21-13-17(19-6-3-11-26-19)22-7-9-24-10-8-22/h1-6,11-12,17H,7-10,13-14H2,(H,21,23)/t17-/m1/s1. The topological polar surface area (TPSA) is 50.8 Å². The Bertz CT molecular complexity index is 782. The normalized spacial score (nSPS) is 18.4. The Morgan fingerprint density at radius 3 is 2.85 bits per heavy atom. The molecule has 5 nitrogen and oxygen atoms in total. The molecule has 0 spiro atoms. The minimum Gasteiger partial charge on any atom is -0.488 e. The summed E-state index contributed by atoms with van der Waals surface area (Å²) in [6.45, 7) is 4.15. The summed E-state index contributed by atoms with van der Waals surface area (Å²) in [5, 5.41) is 5.19. The first-order valence-electron chi connectivity index (χ1n) is 8.87. The number of nitrogens with one attached hydrogen (secondary N) is 1. The molecular formula is C20H22N2O3S. The lowest BCUT2D eigenvalue weighted by Crippen LogP contribution is -2.44. The molecule has 1 aromatic carbocycles. The minimum atomic E-state index is -0.0608. The highest BCUT2D eigenvalue weighted by Crippen LogP contribution is 2.27. The summed E-state index contributed by atoms with van der Waals surface area (Å²) < 4.78 is 11.2. The van der Waals surface area contributed by atoms with Gasteiger partial charge in [-0.3, -0.25) is 9.69 Å². The van der Waals surface area contributed by atoms with E-state index in [0.29, 0.717) is 18.7 Å². The molecule has 2 aliphatic heterocycles. The van der Waals surface area contributed by atoms with Gasteiger partial charge in [-0.15, -0.1) is 11.3 Å². The summed E-state index contributed by atoms with van der Waals surface area (Å²) in [6, 6.07) is 12.1. The van der Waals surface area contributed by atoms with Gasteiger partial charge in [0, 0.05) is 30.1 Å². The molecule has 1 N–H and O–H groups in total. The molecular weight excluding hydrogens is 348 g/mol. The molecule has 1 atom stereocenters. The van der Waals surface area contributed by atoms with Crippen LogP contribution in [-0.4, -0.2) is 50.3 Å². The molecule has 0 saturated carbocycles.